The van der Waals surface area contributed by atoms with Crippen molar-refractivity contribution >= 4 is 17.0 Å². The van der Waals surface area contributed by atoms with E-state index in [9.17, 15) is 0 Å². The van der Waals surface area contributed by atoms with Gasteiger partial charge in [-0.05, 0) is 29.7 Å². The summed E-state index contributed by atoms with van der Waals surface area (Å²) in [4.78, 5) is 4.46. The van der Waals surface area contributed by atoms with Gasteiger partial charge in [-0.1, -0.05) is 32.0 Å². The summed E-state index contributed by atoms with van der Waals surface area (Å²) in [6.45, 7) is 4.36. The first-order valence-corrected chi connectivity index (χ1v) is 7.03. The van der Waals surface area contributed by atoms with E-state index in [0.29, 0.717) is 11.9 Å². The van der Waals surface area contributed by atoms with Gasteiger partial charge in [0.25, 0.3) is 0 Å². The van der Waals surface area contributed by atoms with E-state index in [1.807, 2.05) is 28.8 Å². The van der Waals surface area contributed by atoms with Crippen molar-refractivity contribution in [1.29, 1.82) is 0 Å². The summed E-state index contributed by atoms with van der Waals surface area (Å²) in [5.74, 6) is 1.69. The summed E-state index contributed by atoms with van der Waals surface area (Å²) >= 11 is 0. The standard InChI is InChI=1S/C17H19N3O/c1-11(2)13-6-4-5-7-15(13)20-16-9-8-12(21-3)10-14(16)19-17(20)18/h4-11H,1-3H3,(H2,18,19). The largest absolute Gasteiger partial charge is 0.497 e. The van der Waals surface area contributed by atoms with E-state index in [1.165, 1.54) is 5.56 Å². The molecule has 0 aliphatic carbocycles. The van der Waals surface area contributed by atoms with E-state index >= 15 is 0 Å². The molecule has 2 N–H and O–H groups in total. The number of nitrogens with two attached hydrogens (primary N) is 1. The van der Waals surface area contributed by atoms with Crippen LogP contribution in [0.1, 0.15) is 25.3 Å². The topological polar surface area (TPSA) is 53.1 Å². The van der Waals surface area contributed by atoms with Crippen LogP contribution in [0.2, 0.25) is 0 Å². The first-order valence-electron chi connectivity index (χ1n) is 7.03. The molecule has 4 nitrogen and oxygen atoms in total. The van der Waals surface area contributed by atoms with Crippen LogP contribution in [0.4, 0.5) is 5.95 Å². The van der Waals surface area contributed by atoms with E-state index < -0.39 is 0 Å². The van der Waals surface area contributed by atoms with E-state index in [2.05, 4.69) is 37.0 Å². The monoisotopic (exact) mass is 281 g/mol. The zero-order valence-corrected chi connectivity index (χ0v) is 12.5. The van der Waals surface area contributed by atoms with E-state index in [4.69, 9.17) is 10.5 Å². The second-order valence-corrected chi connectivity index (χ2v) is 5.37. The minimum Gasteiger partial charge on any atom is -0.497 e. The van der Waals surface area contributed by atoms with Crippen LogP contribution in [-0.2, 0) is 0 Å². The molecule has 1 heterocycles. The number of hydrogen-bond acceptors (Lipinski definition) is 3. The summed E-state index contributed by atoms with van der Waals surface area (Å²) in [5.41, 5.74) is 10.3. The number of hydrogen-bond donors (Lipinski definition) is 1. The average Bonchev–Trinajstić information content (AvgIpc) is 2.81. The molecule has 0 fully saturated rings. The van der Waals surface area contributed by atoms with Gasteiger partial charge in [-0.2, -0.15) is 0 Å². The number of para-hydroxylation sites is 1. The van der Waals surface area contributed by atoms with Crippen molar-refractivity contribution in [3.05, 3.63) is 48.0 Å². The van der Waals surface area contributed by atoms with Gasteiger partial charge < -0.3 is 10.5 Å². The lowest BCUT2D eigenvalue weighted by Crippen LogP contribution is -2.04. The molecule has 0 radical (unpaired) electrons. The fourth-order valence-electron chi connectivity index (χ4n) is 2.64. The Bertz CT molecular complexity index is 790. The van der Waals surface area contributed by atoms with Gasteiger partial charge in [-0.3, -0.25) is 4.57 Å². The van der Waals surface area contributed by atoms with E-state index in [1.54, 1.807) is 7.11 Å². The zero-order valence-electron chi connectivity index (χ0n) is 12.5. The Morgan fingerprint density at radius 1 is 1.14 bits per heavy atom. The van der Waals surface area contributed by atoms with Crippen LogP contribution >= 0.6 is 0 Å². The smallest absolute Gasteiger partial charge is 0.205 e. The van der Waals surface area contributed by atoms with E-state index in [-0.39, 0.29) is 0 Å². The van der Waals surface area contributed by atoms with Gasteiger partial charge in [-0.15, -0.1) is 0 Å². The quantitative estimate of drug-likeness (QED) is 0.795. The highest BCUT2D eigenvalue weighted by molar-refractivity contribution is 5.82. The number of benzene rings is 2. The Kier molecular flexibility index (Phi) is 3.29. The molecule has 0 saturated carbocycles. The van der Waals surface area contributed by atoms with Gasteiger partial charge in [0.2, 0.25) is 5.95 Å². The minimum absolute atomic E-state index is 0.413. The molecule has 0 aliphatic rings. The van der Waals surface area contributed by atoms with Crippen molar-refractivity contribution in [2.45, 2.75) is 19.8 Å². The fourth-order valence-corrected chi connectivity index (χ4v) is 2.64. The molecule has 0 saturated heterocycles. The van der Waals surface area contributed by atoms with Crippen molar-refractivity contribution in [2.24, 2.45) is 0 Å². The normalized spacial score (nSPS) is 11.2. The Balaban J connectivity index is 2.28. The highest BCUT2D eigenvalue weighted by Gasteiger charge is 2.14. The second-order valence-electron chi connectivity index (χ2n) is 5.37. The van der Waals surface area contributed by atoms with Crippen LogP contribution in [0.15, 0.2) is 42.5 Å². The number of anilines is 1. The van der Waals surface area contributed by atoms with E-state index in [0.717, 1.165) is 22.5 Å². The van der Waals surface area contributed by atoms with Crippen LogP contribution < -0.4 is 10.5 Å². The van der Waals surface area contributed by atoms with Crippen LogP contribution in [0.25, 0.3) is 16.7 Å². The fraction of sp³-hybridized carbons (Fsp3) is 0.235. The lowest BCUT2D eigenvalue weighted by atomic mass is 10.0. The number of aromatic nitrogens is 2. The Labute approximate surface area is 124 Å². The van der Waals surface area contributed by atoms with Crippen molar-refractivity contribution in [3.63, 3.8) is 0 Å². The first kappa shape index (κ1) is 13.5. The number of rotatable bonds is 3. The SMILES string of the molecule is COc1ccc2c(c1)nc(N)n2-c1ccccc1C(C)C. The lowest BCUT2D eigenvalue weighted by molar-refractivity contribution is 0.415. The maximum absolute atomic E-state index is 6.16. The summed E-state index contributed by atoms with van der Waals surface area (Å²) in [7, 11) is 1.65. The summed E-state index contributed by atoms with van der Waals surface area (Å²) in [6.07, 6.45) is 0. The van der Waals surface area contributed by atoms with Crippen molar-refractivity contribution in [2.75, 3.05) is 12.8 Å². The molecule has 2 aromatic carbocycles. The molecule has 0 spiro atoms. The zero-order chi connectivity index (χ0) is 15.0. The van der Waals surface area contributed by atoms with Gasteiger partial charge in [0.1, 0.15) is 5.75 Å². The molecule has 0 atom stereocenters. The highest BCUT2D eigenvalue weighted by Crippen LogP contribution is 2.30. The van der Waals surface area contributed by atoms with Gasteiger partial charge in [0.05, 0.1) is 23.8 Å². The molecule has 108 valence electrons. The van der Waals surface area contributed by atoms with Gasteiger partial charge >= 0.3 is 0 Å². The molecule has 3 rings (SSSR count). The lowest BCUT2D eigenvalue weighted by Gasteiger charge is -2.15. The summed E-state index contributed by atoms with van der Waals surface area (Å²) in [6, 6.07) is 14.1. The van der Waals surface area contributed by atoms with Gasteiger partial charge in [0.15, 0.2) is 0 Å². The number of fused-ring (bicyclic) bond motifs is 1. The molecule has 0 bridgehead atoms. The van der Waals surface area contributed by atoms with Crippen LogP contribution in [0, 0.1) is 0 Å². The molecule has 0 unspecified atom stereocenters. The third-order valence-corrected chi connectivity index (χ3v) is 3.69. The molecular weight excluding hydrogens is 262 g/mol. The van der Waals surface area contributed by atoms with Gasteiger partial charge in [-0.25, -0.2) is 4.98 Å². The first-order chi connectivity index (χ1) is 10.1. The molecule has 4 heteroatoms. The number of nitrogens with zero attached hydrogens (tertiary/aromatic N) is 2. The van der Waals surface area contributed by atoms with Crippen LogP contribution in [0.5, 0.6) is 5.75 Å². The summed E-state index contributed by atoms with van der Waals surface area (Å²) in [5, 5.41) is 0. The molecule has 3 aromatic rings. The number of methoxy groups -OCH3 is 1. The third kappa shape index (κ3) is 2.23. The Morgan fingerprint density at radius 3 is 2.62 bits per heavy atom. The van der Waals surface area contributed by atoms with Crippen molar-refractivity contribution in [3.8, 4) is 11.4 Å². The maximum Gasteiger partial charge on any atom is 0.205 e. The van der Waals surface area contributed by atoms with Crippen molar-refractivity contribution < 1.29 is 4.74 Å². The molecular formula is C17H19N3O. The average molecular weight is 281 g/mol. The number of ether oxygens (including phenoxy) is 1. The molecule has 1 aromatic heterocycles. The minimum atomic E-state index is 0.413. The van der Waals surface area contributed by atoms with Gasteiger partial charge in [0, 0.05) is 6.07 Å². The van der Waals surface area contributed by atoms with Crippen LogP contribution in [0.3, 0.4) is 0 Å². The Hall–Kier alpha value is -2.49. The third-order valence-electron chi connectivity index (χ3n) is 3.69. The highest BCUT2D eigenvalue weighted by atomic mass is 16.5. The Morgan fingerprint density at radius 2 is 1.90 bits per heavy atom. The summed E-state index contributed by atoms with van der Waals surface area (Å²) < 4.78 is 7.25. The number of imidazole rings is 1. The second kappa shape index (κ2) is 5.13. The van der Waals surface area contributed by atoms with Crippen molar-refractivity contribution in [1.82, 2.24) is 9.55 Å². The number of nitrogen functional groups attached to an aromatic ring is 1. The predicted molar refractivity (Wildman–Crippen MR) is 86.1 cm³/mol. The molecule has 21 heavy (non-hydrogen) atoms. The predicted octanol–water partition coefficient (Wildman–Crippen LogP) is 3.74. The maximum atomic E-state index is 6.16. The van der Waals surface area contributed by atoms with Crippen LogP contribution in [-0.4, -0.2) is 16.7 Å². The molecule has 0 aliphatic heterocycles. The molecule has 0 amide bonds.